The fourth-order valence-corrected chi connectivity index (χ4v) is 3.75. The molecule has 1 aliphatic rings. The van der Waals surface area contributed by atoms with Crippen molar-refractivity contribution in [3.05, 3.63) is 71.8 Å². The molecule has 1 saturated heterocycles. The van der Waals surface area contributed by atoms with Crippen LogP contribution >= 0.6 is 0 Å². The van der Waals surface area contributed by atoms with E-state index in [9.17, 15) is 4.79 Å². The normalized spacial score (nSPS) is 14.6. The van der Waals surface area contributed by atoms with Gasteiger partial charge in [-0.1, -0.05) is 42.5 Å². The van der Waals surface area contributed by atoms with Crippen molar-refractivity contribution >= 4 is 17.4 Å². The topological polar surface area (TPSA) is 58.1 Å². The zero-order valence-electron chi connectivity index (χ0n) is 16.9. The lowest BCUT2D eigenvalue weighted by Gasteiger charge is -2.32. The van der Waals surface area contributed by atoms with Crippen LogP contribution in [0.2, 0.25) is 0 Å². The second kappa shape index (κ2) is 8.43. The summed E-state index contributed by atoms with van der Waals surface area (Å²) in [6.07, 6.45) is 1.64. The molecule has 29 heavy (non-hydrogen) atoms. The van der Waals surface area contributed by atoms with Crippen LogP contribution in [0.5, 0.6) is 0 Å². The quantitative estimate of drug-likeness (QED) is 0.711. The van der Waals surface area contributed by atoms with E-state index in [0.717, 1.165) is 54.3 Å². The van der Waals surface area contributed by atoms with Crippen molar-refractivity contribution < 1.29 is 4.79 Å². The zero-order chi connectivity index (χ0) is 20.2. The molecule has 0 saturated carbocycles. The van der Waals surface area contributed by atoms with Crippen molar-refractivity contribution in [3.8, 4) is 11.3 Å². The molecule has 0 bridgehead atoms. The highest BCUT2D eigenvalue weighted by molar-refractivity contribution is 5.93. The van der Waals surface area contributed by atoms with Crippen LogP contribution in [0.3, 0.4) is 0 Å². The first-order valence-corrected chi connectivity index (χ1v) is 10.1. The number of nitrogens with one attached hydrogen (secondary N) is 1. The van der Waals surface area contributed by atoms with E-state index in [2.05, 4.69) is 33.4 Å². The van der Waals surface area contributed by atoms with Crippen molar-refractivity contribution in [3.63, 3.8) is 0 Å². The number of aromatic nitrogens is 2. The maximum Gasteiger partial charge on any atom is 0.227 e. The van der Waals surface area contributed by atoms with Crippen molar-refractivity contribution in [1.82, 2.24) is 10.2 Å². The molecule has 1 fully saturated rings. The molecule has 2 heterocycles. The Balaban J connectivity index is 1.35. The molecule has 5 nitrogen and oxygen atoms in total. The van der Waals surface area contributed by atoms with Gasteiger partial charge in [-0.3, -0.25) is 4.79 Å². The minimum absolute atomic E-state index is 0.0303. The molecule has 1 aliphatic heterocycles. The summed E-state index contributed by atoms with van der Waals surface area (Å²) < 4.78 is 0. The van der Waals surface area contributed by atoms with E-state index in [1.165, 1.54) is 5.56 Å². The summed E-state index contributed by atoms with van der Waals surface area (Å²) in [5, 5.41) is 11.9. The molecule has 0 spiro atoms. The molecule has 148 valence electrons. The number of hydrogen-bond acceptors (Lipinski definition) is 4. The third kappa shape index (κ3) is 4.29. The van der Waals surface area contributed by atoms with Crippen molar-refractivity contribution in [1.29, 1.82) is 0 Å². The molecule has 0 unspecified atom stereocenters. The molecule has 1 amide bonds. The number of amides is 1. The third-order valence-corrected chi connectivity index (χ3v) is 5.77. The minimum Gasteiger partial charge on any atom is -0.355 e. The first kappa shape index (κ1) is 19.1. The summed E-state index contributed by atoms with van der Waals surface area (Å²) in [7, 11) is 0. The Morgan fingerprint density at radius 2 is 1.69 bits per heavy atom. The summed E-state index contributed by atoms with van der Waals surface area (Å²) >= 11 is 0. The Hall–Kier alpha value is -3.21. The van der Waals surface area contributed by atoms with Crippen LogP contribution in [-0.4, -0.2) is 29.2 Å². The predicted octanol–water partition coefficient (Wildman–Crippen LogP) is 4.62. The number of rotatable bonds is 4. The first-order valence-electron chi connectivity index (χ1n) is 10.1. The van der Waals surface area contributed by atoms with Gasteiger partial charge in [0.1, 0.15) is 0 Å². The van der Waals surface area contributed by atoms with Gasteiger partial charge in [-0.25, -0.2) is 0 Å². The fraction of sp³-hybridized carbons (Fsp3) is 0.292. The third-order valence-electron chi connectivity index (χ3n) is 5.77. The molecule has 1 aromatic heterocycles. The second-order valence-electron chi connectivity index (χ2n) is 7.64. The summed E-state index contributed by atoms with van der Waals surface area (Å²) in [6.45, 7) is 5.73. The van der Waals surface area contributed by atoms with Crippen LogP contribution in [0.15, 0.2) is 60.7 Å². The number of aryl methyl sites for hydroxylation is 1. The Bertz CT molecular complexity index is 978. The lowest BCUT2D eigenvalue weighted by molar-refractivity contribution is -0.120. The molecule has 5 heteroatoms. The van der Waals surface area contributed by atoms with E-state index in [1.807, 2.05) is 61.5 Å². The lowest BCUT2D eigenvalue weighted by atomic mass is 9.95. The van der Waals surface area contributed by atoms with Gasteiger partial charge in [0.15, 0.2) is 5.82 Å². The second-order valence-corrected chi connectivity index (χ2v) is 7.64. The smallest absolute Gasteiger partial charge is 0.227 e. The number of nitrogens with zero attached hydrogens (tertiary/aromatic N) is 3. The standard InChI is InChI=1S/C24H26N4O/c1-17-7-6-10-21(18(17)2)25-24(29)20-13-15-28(16-14-20)23-12-11-22(26-27-23)19-8-4-3-5-9-19/h3-12,20H,13-16H2,1-2H3,(H,25,29). The predicted molar refractivity (Wildman–Crippen MR) is 117 cm³/mol. The lowest BCUT2D eigenvalue weighted by Crippen LogP contribution is -2.38. The monoisotopic (exact) mass is 386 g/mol. The van der Waals surface area contributed by atoms with Gasteiger partial charge >= 0.3 is 0 Å². The van der Waals surface area contributed by atoms with Crippen LogP contribution in [0.4, 0.5) is 11.5 Å². The molecule has 3 aromatic rings. The largest absolute Gasteiger partial charge is 0.355 e. The summed E-state index contributed by atoms with van der Waals surface area (Å²) in [5.74, 6) is 1.02. The Morgan fingerprint density at radius 3 is 2.38 bits per heavy atom. The maximum absolute atomic E-state index is 12.7. The van der Waals surface area contributed by atoms with Gasteiger partial charge in [0.2, 0.25) is 5.91 Å². The molecular weight excluding hydrogens is 360 g/mol. The molecule has 0 radical (unpaired) electrons. The van der Waals surface area contributed by atoms with Crippen LogP contribution in [-0.2, 0) is 4.79 Å². The summed E-state index contributed by atoms with van der Waals surface area (Å²) in [5.41, 5.74) is 5.17. The van der Waals surface area contributed by atoms with Crippen LogP contribution < -0.4 is 10.2 Å². The van der Waals surface area contributed by atoms with E-state index < -0.39 is 0 Å². The van der Waals surface area contributed by atoms with Gasteiger partial charge in [0.05, 0.1) is 5.69 Å². The molecule has 0 atom stereocenters. The number of anilines is 2. The van der Waals surface area contributed by atoms with Gasteiger partial charge in [-0.05, 0) is 56.0 Å². The highest BCUT2D eigenvalue weighted by Gasteiger charge is 2.26. The van der Waals surface area contributed by atoms with Crippen LogP contribution in [0.25, 0.3) is 11.3 Å². The van der Waals surface area contributed by atoms with Gasteiger partial charge in [0, 0.05) is 30.3 Å². The molecular formula is C24H26N4O. The number of benzene rings is 2. The molecule has 1 N–H and O–H groups in total. The Kier molecular flexibility index (Phi) is 5.56. The van der Waals surface area contributed by atoms with E-state index in [-0.39, 0.29) is 11.8 Å². The van der Waals surface area contributed by atoms with E-state index in [0.29, 0.717) is 0 Å². The number of piperidine rings is 1. The first-order chi connectivity index (χ1) is 14.1. The summed E-state index contributed by atoms with van der Waals surface area (Å²) in [6, 6.07) is 20.1. The van der Waals surface area contributed by atoms with Gasteiger partial charge in [-0.2, -0.15) is 0 Å². The molecule has 4 rings (SSSR count). The van der Waals surface area contributed by atoms with E-state index in [4.69, 9.17) is 0 Å². The van der Waals surface area contributed by atoms with E-state index in [1.54, 1.807) is 0 Å². The SMILES string of the molecule is Cc1cccc(NC(=O)C2CCN(c3ccc(-c4ccccc4)nn3)CC2)c1C. The van der Waals surface area contributed by atoms with Crippen molar-refractivity contribution in [2.45, 2.75) is 26.7 Å². The average Bonchev–Trinajstić information content (AvgIpc) is 2.78. The van der Waals surface area contributed by atoms with Gasteiger partial charge in [-0.15, -0.1) is 10.2 Å². The van der Waals surface area contributed by atoms with Crippen LogP contribution in [0.1, 0.15) is 24.0 Å². The Labute approximate surface area is 171 Å². The maximum atomic E-state index is 12.7. The number of hydrogen-bond donors (Lipinski definition) is 1. The molecule has 2 aromatic carbocycles. The fourth-order valence-electron chi connectivity index (χ4n) is 3.75. The highest BCUT2D eigenvalue weighted by Crippen LogP contribution is 2.25. The van der Waals surface area contributed by atoms with Crippen molar-refractivity contribution in [2.75, 3.05) is 23.3 Å². The highest BCUT2D eigenvalue weighted by atomic mass is 16.1. The summed E-state index contributed by atoms with van der Waals surface area (Å²) in [4.78, 5) is 14.9. The minimum atomic E-state index is 0.0303. The average molecular weight is 386 g/mol. The number of carbonyl (C=O) groups excluding carboxylic acids is 1. The molecule has 0 aliphatic carbocycles. The van der Waals surface area contributed by atoms with E-state index >= 15 is 0 Å². The number of carbonyl (C=O) groups is 1. The van der Waals surface area contributed by atoms with Crippen molar-refractivity contribution in [2.24, 2.45) is 5.92 Å². The zero-order valence-corrected chi connectivity index (χ0v) is 16.9. The van der Waals surface area contributed by atoms with Gasteiger partial charge in [0.25, 0.3) is 0 Å². The Morgan fingerprint density at radius 1 is 0.931 bits per heavy atom. The van der Waals surface area contributed by atoms with Gasteiger partial charge < -0.3 is 10.2 Å². The van der Waals surface area contributed by atoms with Crippen LogP contribution in [0, 0.1) is 19.8 Å².